The quantitative estimate of drug-likeness (QED) is 0.244. The van der Waals surface area contributed by atoms with Crippen LogP contribution in [0.2, 0.25) is 0 Å². The number of rotatable bonds is 8. The van der Waals surface area contributed by atoms with Crippen molar-refractivity contribution in [3.8, 4) is 11.5 Å². The molecule has 1 aromatic carbocycles. The third-order valence-electron chi connectivity index (χ3n) is 14.0. The van der Waals surface area contributed by atoms with Crippen molar-refractivity contribution in [2.45, 2.75) is 162 Å². The molecule has 4 heterocycles. The van der Waals surface area contributed by atoms with Gasteiger partial charge in [0.15, 0.2) is 11.4 Å². The van der Waals surface area contributed by atoms with E-state index in [2.05, 4.69) is 20.3 Å². The zero-order chi connectivity index (χ0) is 50.3. The molecule has 24 heteroatoms. The lowest BCUT2D eigenvalue weighted by Gasteiger charge is -2.40. The second-order valence-electron chi connectivity index (χ2n) is 20.6. The summed E-state index contributed by atoms with van der Waals surface area (Å²) in [6.45, 7) is 7.05. The Labute approximate surface area is 397 Å². The summed E-state index contributed by atoms with van der Waals surface area (Å²) in [5, 5.41) is 5.30. The molecule has 4 N–H and O–H groups in total. The maximum absolute atomic E-state index is 15.3. The fourth-order valence-electron chi connectivity index (χ4n) is 9.28. The molecule has 2 aromatic rings. The van der Waals surface area contributed by atoms with Crippen LogP contribution in [0.1, 0.15) is 129 Å². The Hall–Kier alpha value is -5.39. The van der Waals surface area contributed by atoms with Gasteiger partial charge in [0.05, 0.1) is 28.7 Å². The average molecular weight is 1010 g/mol. The SMILES string of the molecule is COc1ccc2nc(C(F)(F)F)c3c(c2c1)[C@@H](OC(=O)NS(=O)(=O)C1(C)CC1)C[C@]1(C[C@H]2C(=O)N[C@]4(C(=O)NS(=O)(=O)C5(C)CC5)C[C@H]4/C=C\CCCCC[C@H](NC(=O)OC(C)(C)C)C(=O)N2C1)O3. The molecule has 5 amide bonds. The highest BCUT2D eigenvalue weighted by atomic mass is 32.2. The van der Waals surface area contributed by atoms with Crippen LogP contribution in [0.15, 0.2) is 30.4 Å². The third kappa shape index (κ3) is 9.88. The highest BCUT2D eigenvalue weighted by Crippen LogP contribution is 2.54. The number of nitrogens with one attached hydrogen (secondary N) is 4. The first-order valence-electron chi connectivity index (χ1n) is 22.9. The van der Waals surface area contributed by atoms with Crippen LogP contribution in [-0.2, 0) is 50.1 Å². The molecule has 6 aliphatic rings. The van der Waals surface area contributed by atoms with Crippen molar-refractivity contribution in [2.75, 3.05) is 13.7 Å². The van der Waals surface area contributed by atoms with Gasteiger partial charge in [-0.15, -0.1) is 0 Å². The van der Waals surface area contributed by atoms with Crippen LogP contribution in [0.5, 0.6) is 11.5 Å². The molecular weight excluding hydrogens is 954 g/mol. The highest BCUT2D eigenvalue weighted by Gasteiger charge is 2.64. The minimum absolute atomic E-state index is 0.0129. The molecule has 3 aliphatic heterocycles. The number of halogens is 3. The van der Waals surface area contributed by atoms with E-state index in [1.807, 2.05) is 10.8 Å². The van der Waals surface area contributed by atoms with Crippen LogP contribution in [0, 0.1) is 5.92 Å². The summed E-state index contributed by atoms with van der Waals surface area (Å²) in [5.41, 5.74) is -7.00. The zero-order valence-electron chi connectivity index (χ0n) is 39.0. The summed E-state index contributed by atoms with van der Waals surface area (Å²) in [6.07, 6.45) is -3.96. The molecule has 378 valence electrons. The van der Waals surface area contributed by atoms with Gasteiger partial charge in [-0.2, -0.15) is 13.2 Å². The van der Waals surface area contributed by atoms with Gasteiger partial charge in [-0.25, -0.2) is 36.1 Å². The van der Waals surface area contributed by atoms with Crippen molar-refractivity contribution >= 4 is 60.9 Å². The fraction of sp³-hybridized carbons (Fsp3) is 0.644. The van der Waals surface area contributed by atoms with Gasteiger partial charge in [0.1, 0.15) is 40.7 Å². The Bertz CT molecular complexity index is 2740. The fourth-order valence-corrected chi connectivity index (χ4v) is 11.7. The molecule has 1 spiro atoms. The van der Waals surface area contributed by atoms with Crippen LogP contribution in [0.3, 0.4) is 0 Å². The Morgan fingerprint density at radius 3 is 2.20 bits per heavy atom. The van der Waals surface area contributed by atoms with Gasteiger partial charge in [-0.3, -0.25) is 19.1 Å². The molecule has 0 bridgehead atoms. The van der Waals surface area contributed by atoms with Gasteiger partial charge >= 0.3 is 18.4 Å². The number of allylic oxidation sites excluding steroid dienone is 1. The Morgan fingerprint density at radius 1 is 0.913 bits per heavy atom. The van der Waals surface area contributed by atoms with E-state index in [9.17, 15) is 36.0 Å². The number of methoxy groups -OCH3 is 1. The van der Waals surface area contributed by atoms with E-state index in [1.54, 1.807) is 26.8 Å². The first-order chi connectivity index (χ1) is 32.0. The molecule has 1 saturated heterocycles. The van der Waals surface area contributed by atoms with Gasteiger partial charge in [0.2, 0.25) is 31.9 Å². The summed E-state index contributed by atoms with van der Waals surface area (Å²) in [4.78, 5) is 76.1. The lowest BCUT2D eigenvalue weighted by atomic mass is 9.84. The molecule has 6 atom stereocenters. The number of carbonyl (C=O) groups is 5. The van der Waals surface area contributed by atoms with Crippen LogP contribution in [-0.4, -0.2) is 109 Å². The van der Waals surface area contributed by atoms with Gasteiger partial charge in [0.25, 0.3) is 5.91 Å². The Kier molecular flexibility index (Phi) is 12.5. The zero-order valence-corrected chi connectivity index (χ0v) is 40.7. The van der Waals surface area contributed by atoms with Gasteiger partial charge in [-0.05, 0) is 104 Å². The van der Waals surface area contributed by atoms with Crippen molar-refractivity contribution in [1.82, 2.24) is 30.0 Å². The van der Waals surface area contributed by atoms with Crippen LogP contribution < -0.4 is 29.6 Å². The number of aromatic nitrogens is 1. The molecule has 3 aliphatic carbocycles. The number of alkyl halides is 3. The minimum Gasteiger partial charge on any atom is -0.497 e. The molecule has 3 saturated carbocycles. The molecule has 4 fully saturated rings. The third-order valence-corrected chi connectivity index (χ3v) is 18.3. The van der Waals surface area contributed by atoms with Crippen LogP contribution in [0.25, 0.3) is 10.9 Å². The second-order valence-corrected chi connectivity index (χ2v) is 25.0. The Balaban J connectivity index is 1.23. The normalized spacial score (nSPS) is 29.0. The second kappa shape index (κ2) is 17.2. The summed E-state index contributed by atoms with van der Waals surface area (Å²) < 4.78 is 124. The molecule has 19 nitrogen and oxygen atoms in total. The summed E-state index contributed by atoms with van der Waals surface area (Å²) in [5.74, 6) is -4.33. The van der Waals surface area contributed by atoms with Crippen molar-refractivity contribution in [3.05, 3.63) is 41.6 Å². The number of fused-ring (bicyclic) bond motifs is 5. The highest BCUT2D eigenvalue weighted by molar-refractivity contribution is 7.92. The molecule has 1 aromatic heterocycles. The summed E-state index contributed by atoms with van der Waals surface area (Å²) in [7, 11) is -7.23. The van der Waals surface area contributed by atoms with Crippen molar-refractivity contribution in [1.29, 1.82) is 0 Å². The van der Waals surface area contributed by atoms with Crippen LogP contribution in [0.4, 0.5) is 22.8 Å². The van der Waals surface area contributed by atoms with Crippen LogP contribution >= 0.6 is 0 Å². The molecule has 0 unspecified atom stereocenters. The lowest BCUT2D eigenvalue weighted by molar-refractivity contribution is -0.145. The topological polar surface area (TPSA) is 255 Å². The maximum Gasteiger partial charge on any atom is 0.437 e. The summed E-state index contributed by atoms with van der Waals surface area (Å²) >= 11 is 0. The van der Waals surface area contributed by atoms with E-state index in [0.29, 0.717) is 38.5 Å². The molecular formula is C45H57F3N6O13S2. The predicted molar refractivity (Wildman–Crippen MR) is 239 cm³/mol. The number of hydrogen-bond acceptors (Lipinski definition) is 14. The maximum atomic E-state index is 15.3. The number of amides is 5. The van der Waals surface area contributed by atoms with Crippen molar-refractivity contribution in [3.63, 3.8) is 0 Å². The van der Waals surface area contributed by atoms with E-state index in [1.165, 1.54) is 39.2 Å². The number of sulfonamides is 2. The number of hydrogen-bond donors (Lipinski definition) is 4. The Morgan fingerprint density at radius 2 is 1.58 bits per heavy atom. The number of pyridine rings is 1. The molecule has 69 heavy (non-hydrogen) atoms. The monoisotopic (exact) mass is 1010 g/mol. The standard InChI is InChI=1S/C45H57F3N6O13S2/c1-40(2,3)67-38(58)50-29-13-11-9-7-8-10-12-25-21-44(25,37(57)52-68(60,61)41(4)16-17-41)51-35(55)30-22-43(24-54(30)36(29)56)23-31(65-39(59)53-69(62,63)42(5)18-19-42)32-27-20-26(64-6)14-15-28(27)49-34(33(32)66-43)45(46,47)48/h10,12,14-15,20,25,29-31H,7-9,11,13,16-19,21-24H2,1-6H3,(H,50,58)(H,51,55)(H,52,57)(H,53,59)/b12-10-/t25-,29+,30+,31+,43+,44-/m1/s1. The number of nitrogens with zero attached hydrogens (tertiary/aromatic N) is 2. The number of benzene rings is 1. The summed E-state index contributed by atoms with van der Waals surface area (Å²) in [6, 6.07) is 0.914. The average Bonchev–Trinajstić information content (AvgIpc) is 4.20. The minimum atomic E-state index is -5.22. The van der Waals surface area contributed by atoms with E-state index in [4.69, 9.17) is 18.9 Å². The predicted octanol–water partition coefficient (Wildman–Crippen LogP) is 5.32. The number of alkyl carbamates (subject to hydrolysis) is 1. The van der Waals surface area contributed by atoms with Gasteiger partial charge in [-0.1, -0.05) is 25.0 Å². The first-order valence-corrected chi connectivity index (χ1v) is 25.9. The van der Waals surface area contributed by atoms with Crippen molar-refractivity contribution < 1.29 is 72.9 Å². The van der Waals surface area contributed by atoms with Gasteiger partial charge < -0.3 is 34.5 Å². The lowest BCUT2D eigenvalue weighted by Crippen LogP contribution is -2.58. The number of ether oxygens (including phenoxy) is 4. The van der Waals surface area contributed by atoms with Gasteiger partial charge in [0, 0.05) is 29.7 Å². The molecule has 0 radical (unpaired) electrons. The first kappa shape index (κ1) is 50.0. The van der Waals surface area contributed by atoms with E-state index < -0.39 is 137 Å². The van der Waals surface area contributed by atoms with E-state index >= 15 is 18.0 Å². The van der Waals surface area contributed by atoms with Crippen molar-refractivity contribution in [2.24, 2.45) is 5.92 Å². The van der Waals surface area contributed by atoms with E-state index in [-0.39, 0.29) is 47.9 Å². The molecule has 8 rings (SSSR count). The largest absolute Gasteiger partial charge is 0.497 e. The van der Waals surface area contributed by atoms with E-state index in [0.717, 1.165) is 4.90 Å². The number of carbonyl (C=O) groups excluding carboxylic acids is 5. The smallest absolute Gasteiger partial charge is 0.437 e.